The number of carbonyl (C=O) groups is 1. The highest BCUT2D eigenvalue weighted by Crippen LogP contribution is 2.49. The predicted molar refractivity (Wildman–Crippen MR) is 83.3 cm³/mol. The zero-order chi connectivity index (χ0) is 16.7. The molecule has 0 aliphatic carbocycles. The Bertz CT molecular complexity index is 633. The van der Waals surface area contributed by atoms with Gasteiger partial charge in [0.2, 0.25) is 0 Å². The van der Waals surface area contributed by atoms with E-state index in [0.717, 1.165) is 0 Å². The first-order valence-corrected chi connectivity index (χ1v) is 8.17. The van der Waals surface area contributed by atoms with Gasteiger partial charge in [-0.05, 0) is 24.3 Å². The molecule has 0 radical (unpaired) electrons. The molecule has 0 aliphatic heterocycles. The summed E-state index contributed by atoms with van der Waals surface area (Å²) in [4.78, 5) is 10.8. The molecule has 23 heavy (non-hydrogen) atoms. The number of para-hydroxylation sites is 2. The van der Waals surface area contributed by atoms with Crippen molar-refractivity contribution in [3.05, 3.63) is 60.7 Å². The lowest BCUT2D eigenvalue weighted by Gasteiger charge is -2.19. The van der Waals surface area contributed by atoms with Crippen LogP contribution in [0.1, 0.15) is 0 Å². The molecular formula is C15H16NO6P. The van der Waals surface area contributed by atoms with Crippen LogP contribution in [0.3, 0.4) is 0 Å². The Hall–Kier alpha value is -2.34. The van der Waals surface area contributed by atoms with E-state index in [4.69, 9.17) is 24.4 Å². The second kappa shape index (κ2) is 7.78. The van der Waals surface area contributed by atoms with Crippen LogP contribution in [0.5, 0.6) is 11.5 Å². The monoisotopic (exact) mass is 337 g/mol. The Morgan fingerprint density at radius 1 is 1.00 bits per heavy atom. The molecule has 0 amide bonds. The standard InChI is InChI=1S/C15H16NO6P/c16-14(15(17)18)11-20-23(19,21-12-7-3-1-4-8-12)22-13-9-5-2-6-10-13/h1-10,14H,11,16H2,(H,17,18). The minimum atomic E-state index is -4.10. The third-order valence-corrected chi connectivity index (χ3v) is 3.98. The van der Waals surface area contributed by atoms with Gasteiger partial charge in [-0.25, -0.2) is 4.57 Å². The molecule has 0 saturated heterocycles. The number of rotatable bonds is 8. The molecule has 2 aromatic carbocycles. The fourth-order valence-corrected chi connectivity index (χ4v) is 2.78. The third kappa shape index (κ3) is 5.41. The van der Waals surface area contributed by atoms with Gasteiger partial charge >= 0.3 is 13.8 Å². The van der Waals surface area contributed by atoms with Crippen LogP contribution in [0.4, 0.5) is 0 Å². The lowest BCUT2D eigenvalue weighted by molar-refractivity contribution is -0.139. The van der Waals surface area contributed by atoms with Gasteiger partial charge in [-0.3, -0.25) is 9.32 Å². The van der Waals surface area contributed by atoms with Crippen molar-refractivity contribution in [2.45, 2.75) is 6.04 Å². The van der Waals surface area contributed by atoms with Crippen molar-refractivity contribution in [1.82, 2.24) is 0 Å². The lowest BCUT2D eigenvalue weighted by Crippen LogP contribution is -2.34. The van der Waals surface area contributed by atoms with Crippen molar-refractivity contribution in [2.24, 2.45) is 5.73 Å². The molecule has 3 N–H and O–H groups in total. The summed E-state index contributed by atoms with van der Waals surface area (Å²) < 4.78 is 28.4. The van der Waals surface area contributed by atoms with Crippen molar-refractivity contribution in [3.63, 3.8) is 0 Å². The molecule has 122 valence electrons. The number of carboxylic acid groups (broad SMARTS) is 1. The number of nitrogens with two attached hydrogens (primary N) is 1. The molecule has 0 fully saturated rings. The van der Waals surface area contributed by atoms with Gasteiger partial charge in [-0.1, -0.05) is 36.4 Å². The maximum atomic E-state index is 12.8. The van der Waals surface area contributed by atoms with Gasteiger partial charge < -0.3 is 19.9 Å². The van der Waals surface area contributed by atoms with E-state index < -0.39 is 26.4 Å². The first kappa shape index (κ1) is 17.0. The van der Waals surface area contributed by atoms with Crippen LogP contribution < -0.4 is 14.8 Å². The van der Waals surface area contributed by atoms with E-state index in [-0.39, 0.29) is 11.5 Å². The first-order chi connectivity index (χ1) is 11.0. The maximum Gasteiger partial charge on any atom is 0.587 e. The fraction of sp³-hybridized carbons (Fsp3) is 0.133. The van der Waals surface area contributed by atoms with Gasteiger partial charge in [0.15, 0.2) is 0 Å². The average Bonchev–Trinajstić information content (AvgIpc) is 2.54. The largest absolute Gasteiger partial charge is 0.587 e. The van der Waals surface area contributed by atoms with Gasteiger partial charge in [-0.15, -0.1) is 0 Å². The van der Waals surface area contributed by atoms with Crippen molar-refractivity contribution in [1.29, 1.82) is 0 Å². The van der Waals surface area contributed by atoms with Crippen LogP contribution >= 0.6 is 7.82 Å². The number of hydrogen-bond acceptors (Lipinski definition) is 6. The van der Waals surface area contributed by atoms with Crippen LogP contribution in [-0.4, -0.2) is 23.7 Å². The molecule has 8 heteroatoms. The topological polar surface area (TPSA) is 108 Å². The zero-order valence-corrected chi connectivity index (χ0v) is 13.0. The Labute approximate surface area is 133 Å². The highest BCUT2D eigenvalue weighted by atomic mass is 31.2. The highest BCUT2D eigenvalue weighted by molar-refractivity contribution is 7.49. The van der Waals surface area contributed by atoms with E-state index in [0.29, 0.717) is 0 Å². The molecule has 0 heterocycles. The summed E-state index contributed by atoms with van der Waals surface area (Å²) >= 11 is 0. The summed E-state index contributed by atoms with van der Waals surface area (Å²) in [5, 5.41) is 8.78. The summed E-state index contributed by atoms with van der Waals surface area (Å²) in [5.74, 6) is -0.762. The molecule has 1 atom stereocenters. The molecule has 0 aromatic heterocycles. The summed E-state index contributed by atoms with van der Waals surface area (Å²) in [6, 6.07) is 15.2. The maximum absolute atomic E-state index is 12.8. The van der Waals surface area contributed by atoms with Gasteiger partial charge in [0.05, 0.1) is 6.61 Å². The van der Waals surface area contributed by atoms with Crippen LogP contribution in [0.2, 0.25) is 0 Å². The minimum Gasteiger partial charge on any atom is -0.480 e. The number of benzene rings is 2. The van der Waals surface area contributed by atoms with Gasteiger partial charge in [-0.2, -0.15) is 0 Å². The molecule has 0 aliphatic rings. The molecule has 2 rings (SSSR count). The number of phosphoric ester groups is 1. The molecule has 1 unspecified atom stereocenters. The van der Waals surface area contributed by atoms with Crippen LogP contribution in [0.15, 0.2) is 60.7 Å². The number of hydrogen-bond donors (Lipinski definition) is 2. The lowest BCUT2D eigenvalue weighted by atomic mass is 10.3. The normalized spacial score (nSPS) is 12.4. The van der Waals surface area contributed by atoms with E-state index >= 15 is 0 Å². The van der Waals surface area contributed by atoms with E-state index in [1.807, 2.05) is 0 Å². The van der Waals surface area contributed by atoms with E-state index in [1.54, 1.807) is 60.7 Å². The van der Waals surface area contributed by atoms with Crippen molar-refractivity contribution in [3.8, 4) is 11.5 Å². The molecule has 0 saturated carbocycles. The molecule has 7 nitrogen and oxygen atoms in total. The fourth-order valence-electron chi connectivity index (χ4n) is 1.54. The number of aliphatic carboxylic acids is 1. The SMILES string of the molecule is NC(COP(=O)(Oc1ccccc1)Oc1ccccc1)C(=O)O. The molecule has 0 bridgehead atoms. The first-order valence-electron chi connectivity index (χ1n) is 6.71. The Balaban J connectivity index is 2.15. The van der Waals surface area contributed by atoms with Crippen LogP contribution in [0.25, 0.3) is 0 Å². The Morgan fingerprint density at radius 3 is 1.83 bits per heavy atom. The quantitative estimate of drug-likeness (QED) is 0.713. The Kier molecular flexibility index (Phi) is 5.76. The average molecular weight is 337 g/mol. The van der Waals surface area contributed by atoms with E-state index in [9.17, 15) is 9.36 Å². The predicted octanol–water partition coefficient (Wildman–Crippen LogP) is 2.68. The smallest absolute Gasteiger partial charge is 0.480 e. The number of carboxylic acids is 1. The summed E-state index contributed by atoms with van der Waals surface area (Å²) in [5.41, 5.74) is 5.35. The van der Waals surface area contributed by atoms with E-state index in [1.165, 1.54) is 0 Å². The second-order valence-corrected chi connectivity index (χ2v) is 6.01. The number of phosphoric acid groups is 1. The zero-order valence-electron chi connectivity index (χ0n) is 12.1. The third-order valence-electron chi connectivity index (χ3n) is 2.65. The van der Waals surface area contributed by atoms with Crippen molar-refractivity contribution >= 4 is 13.8 Å². The molecule has 0 spiro atoms. The van der Waals surface area contributed by atoms with Crippen molar-refractivity contribution in [2.75, 3.05) is 6.61 Å². The van der Waals surface area contributed by atoms with Gasteiger partial charge in [0.25, 0.3) is 0 Å². The highest BCUT2D eigenvalue weighted by Gasteiger charge is 2.32. The van der Waals surface area contributed by atoms with Crippen molar-refractivity contribution < 1.29 is 28.0 Å². The summed E-state index contributed by atoms with van der Waals surface area (Å²) in [6.07, 6.45) is 0. The van der Waals surface area contributed by atoms with E-state index in [2.05, 4.69) is 0 Å². The van der Waals surface area contributed by atoms with Crippen LogP contribution in [0, 0.1) is 0 Å². The summed E-state index contributed by atoms with van der Waals surface area (Å²) in [7, 11) is -4.10. The molecular weight excluding hydrogens is 321 g/mol. The van der Waals surface area contributed by atoms with Gasteiger partial charge in [0.1, 0.15) is 17.5 Å². The summed E-state index contributed by atoms with van der Waals surface area (Å²) in [6.45, 7) is -0.522. The van der Waals surface area contributed by atoms with Gasteiger partial charge in [0, 0.05) is 0 Å². The minimum absolute atomic E-state index is 0.260. The van der Waals surface area contributed by atoms with Crippen LogP contribution in [-0.2, 0) is 13.9 Å². The second-order valence-electron chi connectivity index (χ2n) is 4.50. The molecule has 2 aromatic rings. The Morgan fingerprint density at radius 2 is 1.43 bits per heavy atom.